The topological polar surface area (TPSA) is 100 Å². The Morgan fingerprint density at radius 1 is 1.17 bits per heavy atom. The van der Waals surface area contributed by atoms with Crippen LogP contribution in [0.15, 0.2) is 30.6 Å². The van der Waals surface area contributed by atoms with E-state index in [1.54, 1.807) is 30.1 Å². The number of amides is 1. The van der Waals surface area contributed by atoms with Gasteiger partial charge in [0.15, 0.2) is 0 Å². The number of carbonyl (C=O) groups excluding carboxylic acids is 1. The second kappa shape index (κ2) is 8.53. The van der Waals surface area contributed by atoms with Gasteiger partial charge >= 0.3 is 0 Å². The third-order valence-corrected chi connectivity index (χ3v) is 6.96. The third-order valence-electron chi connectivity index (χ3n) is 6.96. The molecule has 2 aromatic heterocycles. The number of carbonyl (C=O) groups is 1. The molecule has 1 aliphatic heterocycles. The molecule has 0 atom stereocenters. The second-order valence-corrected chi connectivity index (χ2v) is 9.48. The van der Waals surface area contributed by atoms with E-state index in [4.69, 9.17) is 4.74 Å². The fraction of sp³-hybridized carbons (Fsp3) is 0.400. The van der Waals surface area contributed by atoms with Gasteiger partial charge in [-0.25, -0.2) is 4.39 Å². The summed E-state index contributed by atoms with van der Waals surface area (Å²) in [5.41, 5.74) is 2.26. The molecule has 3 heterocycles. The average Bonchev–Trinajstić information content (AvgIpc) is 3.39. The number of aromatic nitrogens is 4. The molecule has 35 heavy (non-hydrogen) atoms. The predicted octanol–water partition coefficient (Wildman–Crippen LogP) is 3.57. The van der Waals surface area contributed by atoms with Crippen LogP contribution in [0.25, 0.3) is 21.8 Å². The number of methoxy groups -OCH3 is 1. The first kappa shape index (κ1) is 21.8. The van der Waals surface area contributed by atoms with Crippen molar-refractivity contribution >= 4 is 39.1 Å². The van der Waals surface area contributed by atoms with Crippen LogP contribution in [0.5, 0.6) is 5.75 Å². The molecule has 0 radical (unpaired) electrons. The number of halogens is 1. The molecule has 182 valence electrons. The second-order valence-electron chi connectivity index (χ2n) is 9.48. The van der Waals surface area contributed by atoms with E-state index < -0.39 is 11.7 Å². The number of aromatic amines is 1. The lowest BCUT2D eigenvalue weighted by atomic mass is 10.0. The maximum absolute atomic E-state index is 15.5. The number of piperidine rings is 1. The molecule has 2 aliphatic rings. The number of anilines is 2. The van der Waals surface area contributed by atoms with Crippen LogP contribution in [0, 0.1) is 5.82 Å². The SMILES string of the molecule is COc1cc2[nH]ncc2cc1NC(=O)c1c(F)cc(N2CCC(NC3CC3)CC2)c2cn(C)nc12. The molecule has 2 fully saturated rings. The Labute approximate surface area is 201 Å². The minimum atomic E-state index is -0.592. The van der Waals surface area contributed by atoms with Gasteiger partial charge in [-0.15, -0.1) is 0 Å². The third kappa shape index (κ3) is 4.07. The van der Waals surface area contributed by atoms with E-state index in [0.717, 1.165) is 47.9 Å². The highest BCUT2D eigenvalue weighted by atomic mass is 19.1. The van der Waals surface area contributed by atoms with Gasteiger partial charge in [-0.05, 0) is 37.8 Å². The van der Waals surface area contributed by atoms with Crippen LogP contribution in [0.4, 0.5) is 15.8 Å². The number of nitrogens with zero attached hydrogens (tertiary/aromatic N) is 4. The Bertz CT molecular complexity index is 1420. The summed E-state index contributed by atoms with van der Waals surface area (Å²) in [6.45, 7) is 1.67. The highest BCUT2D eigenvalue weighted by Gasteiger charge is 2.29. The maximum Gasteiger partial charge on any atom is 0.261 e. The van der Waals surface area contributed by atoms with Crippen molar-refractivity contribution in [1.82, 2.24) is 25.3 Å². The summed E-state index contributed by atoms with van der Waals surface area (Å²) in [6.07, 6.45) is 8.07. The Morgan fingerprint density at radius 3 is 2.69 bits per heavy atom. The van der Waals surface area contributed by atoms with Gasteiger partial charge in [0.1, 0.15) is 22.6 Å². The molecule has 0 unspecified atom stereocenters. The monoisotopic (exact) mass is 477 g/mol. The number of rotatable bonds is 6. The largest absolute Gasteiger partial charge is 0.494 e. The Kier molecular flexibility index (Phi) is 5.32. The molecule has 10 heteroatoms. The maximum atomic E-state index is 15.5. The van der Waals surface area contributed by atoms with Gasteiger partial charge in [-0.3, -0.25) is 14.6 Å². The summed E-state index contributed by atoms with van der Waals surface area (Å²) < 4.78 is 22.6. The lowest BCUT2D eigenvalue weighted by molar-refractivity contribution is 0.102. The minimum absolute atomic E-state index is 0.0796. The van der Waals surface area contributed by atoms with Crippen molar-refractivity contribution < 1.29 is 13.9 Å². The molecular weight excluding hydrogens is 449 g/mol. The van der Waals surface area contributed by atoms with Gasteiger partial charge in [0.05, 0.1) is 30.2 Å². The van der Waals surface area contributed by atoms with Crippen LogP contribution in [-0.2, 0) is 7.05 Å². The first-order chi connectivity index (χ1) is 17.0. The molecule has 0 bridgehead atoms. The van der Waals surface area contributed by atoms with Crippen molar-refractivity contribution in [2.45, 2.75) is 37.8 Å². The highest BCUT2D eigenvalue weighted by Crippen LogP contribution is 2.35. The Balaban J connectivity index is 1.31. The summed E-state index contributed by atoms with van der Waals surface area (Å²) in [5.74, 6) is -0.719. The van der Waals surface area contributed by atoms with Gasteiger partial charge in [0.2, 0.25) is 0 Å². The summed E-state index contributed by atoms with van der Waals surface area (Å²) >= 11 is 0. The standard InChI is InChI=1S/C25H28FN7O2/c1-32-13-17-21(33-7-5-16(6-8-33)28-15-3-4-15)10-18(26)23(24(17)31-32)25(34)29-20-9-14-12-27-30-19(14)11-22(20)35-2/h9-13,15-16,28H,3-8H2,1-2H3,(H,27,30)(H,29,34). The number of hydrogen-bond acceptors (Lipinski definition) is 6. The Morgan fingerprint density at radius 2 is 1.94 bits per heavy atom. The van der Waals surface area contributed by atoms with Gasteiger partial charge in [0.25, 0.3) is 5.91 Å². The number of aryl methyl sites for hydroxylation is 1. The van der Waals surface area contributed by atoms with E-state index in [9.17, 15) is 4.79 Å². The molecule has 1 amide bonds. The normalized spacial score (nSPS) is 16.8. The molecule has 4 aromatic rings. The van der Waals surface area contributed by atoms with Crippen molar-refractivity contribution in [3.63, 3.8) is 0 Å². The lowest BCUT2D eigenvalue weighted by Gasteiger charge is -2.34. The van der Waals surface area contributed by atoms with Crippen LogP contribution >= 0.6 is 0 Å². The van der Waals surface area contributed by atoms with E-state index in [-0.39, 0.29) is 5.56 Å². The minimum Gasteiger partial charge on any atom is -0.494 e. The summed E-state index contributed by atoms with van der Waals surface area (Å²) in [6, 6.07) is 6.16. The number of nitrogens with one attached hydrogen (secondary N) is 3. The number of ether oxygens (including phenoxy) is 1. The summed E-state index contributed by atoms with van der Waals surface area (Å²) in [5, 5.41) is 19.4. The van der Waals surface area contributed by atoms with Gasteiger partial charge in [0, 0.05) is 55.3 Å². The van der Waals surface area contributed by atoms with Crippen LogP contribution in [0.1, 0.15) is 36.0 Å². The fourth-order valence-corrected chi connectivity index (χ4v) is 5.01. The molecule has 9 nitrogen and oxygen atoms in total. The lowest BCUT2D eigenvalue weighted by Crippen LogP contribution is -2.43. The molecular formula is C25H28FN7O2. The summed E-state index contributed by atoms with van der Waals surface area (Å²) in [7, 11) is 3.30. The van der Waals surface area contributed by atoms with Crippen LogP contribution in [0.3, 0.4) is 0 Å². The van der Waals surface area contributed by atoms with Crippen molar-refractivity contribution in [1.29, 1.82) is 0 Å². The van der Waals surface area contributed by atoms with Crippen molar-refractivity contribution in [3.8, 4) is 5.75 Å². The van der Waals surface area contributed by atoms with Crippen molar-refractivity contribution in [2.24, 2.45) is 7.05 Å². The quantitative estimate of drug-likeness (QED) is 0.393. The molecule has 3 N–H and O–H groups in total. The molecule has 0 spiro atoms. The van der Waals surface area contributed by atoms with E-state index >= 15 is 4.39 Å². The van der Waals surface area contributed by atoms with Crippen molar-refractivity contribution in [3.05, 3.63) is 42.0 Å². The molecule has 2 aromatic carbocycles. The van der Waals surface area contributed by atoms with Crippen LogP contribution in [-0.4, -0.2) is 58.2 Å². The first-order valence-electron chi connectivity index (χ1n) is 12.0. The predicted molar refractivity (Wildman–Crippen MR) is 133 cm³/mol. The number of hydrogen-bond donors (Lipinski definition) is 3. The van der Waals surface area contributed by atoms with Crippen LogP contribution < -0.4 is 20.3 Å². The highest BCUT2D eigenvalue weighted by molar-refractivity contribution is 6.15. The summed E-state index contributed by atoms with van der Waals surface area (Å²) in [4.78, 5) is 15.5. The van der Waals surface area contributed by atoms with Gasteiger partial charge < -0.3 is 20.3 Å². The smallest absolute Gasteiger partial charge is 0.261 e. The van der Waals surface area contributed by atoms with E-state index in [1.165, 1.54) is 26.0 Å². The van der Waals surface area contributed by atoms with Gasteiger partial charge in [-0.2, -0.15) is 10.2 Å². The molecule has 6 rings (SSSR count). The van der Waals surface area contributed by atoms with E-state index in [1.807, 2.05) is 6.20 Å². The number of fused-ring (bicyclic) bond motifs is 2. The van der Waals surface area contributed by atoms with Crippen molar-refractivity contribution in [2.75, 3.05) is 30.4 Å². The average molecular weight is 478 g/mol. The molecule has 1 saturated heterocycles. The zero-order chi connectivity index (χ0) is 24.1. The van der Waals surface area contributed by atoms with E-state index in [2.05, 4.69) is 30.8 Å². The fourth-order valence-electron chi connectivity index (χ4n) is 5.01. The first-order valence-corrected chi connectivity index (χ1v) is 12.0. The zero-order valence-corrected chi connectivity index (χ0v) is 19.8. The number of H-pyrrole nitrogens is 1. The molecule has 1 aliphatic carbocycles. The Hall–Kier alpha value is -3.66. The van der Waals surface area contributed by atoms with E-state index in [0.29, 0.717) is 29.0 Å². The molecule has 1 saturated carbocycles. The van der Waals surface area contributed by atoms with Crippen LogP contribution in [0.2, 0.25) is 0 Å². The number of benzene rings is 2. The van der Waals surface area contributed by atoms with Gasteiger partial charge in [-0.1, -0.05) is 0 Å². The zero-order valence-electron chi connectivity index (χ0n) is 19.8.